The number of esters is 1. The molecule has 1 saturated heterocycles. The highest BCUT2D eigenvalue weighted by atomic mass is 16.6. The molecule has 1 amide bonds. The van der Waals surface area contributed by atoms with Crippen LogP contribution in [0.5, 0.6) is 0 Å². The van der Waals surface area contributed by atoms with Crippen LogP contribution in [0.4, 0.5) is 4.79 Å². The minimum Gasteiger partial charge on any atom is -0.376 e. The van der Waals surface area contributed by atoms with Crippen molar-refractivity contribution in [2.75, 3.05) is 6.54 Å². The first-order chi connectivity index (χ1) is 9.27. The van der Waals surface area contributed by atoms with E-state index >= 15 is 0 Å². The third-order valence-electron chi connectivity index (χ3n) is 3.32. The monoisotopic (exact) mass is 281 g/mol. The van der Waals surface area contributed by atoms with Gasteiger partial charge in [-0.25, -0.2) is 4.79 Å². The Kier molecular flexibility index (Phi) is 3.94. The number of fused-ring (bicyclic) bond motifs is 2. The van der Waals surface area contributed by atoms with Crippen molar-refractivity contribution in [3.63, 3.8) is 0 Å². The first kappa shape index (κ1) is 14.7. The highest BCUT2D eigenvalue weighted by Gasteiger charge is 2.39. The lowest BCUT2D eigenvalue weighted by Gasteiger charge is -2.28. The predicted molar refractivity (Wildman–Crippen MR) is 69.9 cm³/mol. The predicted octanol–water partition coefficient (Wildman–Crippen LogP) is 1.20. The van der Waals surface area contributed by atoms with E-state index in [9.17, 15) is 14.4 Å². The van der Waals surface area contributed by atoms with Crippen LogP contribution in [0.15, 0.2) is 12.2 Å². The zero-order chi connectivity index (χ0) is 14.9. The van der Waals surface area contributed by atoms with E-state index in [1.807, 2.05) is 12.2 Å². The van der Waals surface area contributed by atoms with Crippen LogP contribution >= 0.6 is 0 Å². The summed E-state index contributed by atoms with van der Waals surface area (Å²) >= 11 is 0. The summed E-state index contributed by atoms with van der Waals surface area (Å²) in [6.45, 7) is 5.08. The Bertz CT molecular complexity index is 463. The molecule has 1 N–H and O–H groups in total. The molecule has 0 unspecified atom stereocenters. The maximum Gasteiger partial charge on any atom is 0.414 e. The summed E-state index contributed by atoms with van der Waals surface area (Å²) in [4.78, 5) is 34.9. The normalized spacial score (nSPS) is 28.4. The van der Waals surface area contributed by atoms with Crippen LogP contribution in [-0.2, 0) is 19.1 Å². The maximum atomic E-state index is 11.9. The van der Waals surface area contributed by atoms with Gasteiger partial charge in [0.2, 0.25) is 0 Å². The number of ether oxygens (including phenoxy) is 2. The summed E-state index contributed by atoms with van der Waals surface area (Å²) in [6.07, 6.45) is 2.78. The van der Waals surface area contributed by atoms with Crippen molar-refractivity contribution in [2.24, 2.45) is 11.3 Å². The molecule has 1 fully saturated rings. The number of amides is 1. The fourth-order valence-electron chi connectivity index (χ4n) is 2.10. The molecular weight excluding hydrogens is 262 g/mol. The van der Waals surface area contributed by atoms with Crippen molar-refractivity contribution >= 4 is 17.8 Å². The van der Waals surface area contributed by atoms with E-state index in [0.29, 0.717) is 6.42 Å². The van der Waals surface area contributed by atoms with Gasteiger partial charge in [0.05, 0.1) is 23.5 Å². The second-order valence-corrected chi connectivity index (χ2v) is 6.11. The quantitative estimate of drug-likeness (QED) is 0.467. The summed E-state index contributed by atoms with van der Waals surface area (Å²) in [7, 11) is 0. The summed E-state index contributed by atoms with van der Waals surface area (Å²) in [6, 6.07) is 0. The number of rotatable bonds is 2. The van der Waals surface area contributed by atoms with Gasteiger partial charge in [-0.2, -0.15) is 0 Å². The zero-order valence-corrected chi connectivity index (χ0v) is 11.8. The lowest BCUT2D eigenvalue weighted by atomic mass is 9.94. The highest BCUT2D eigenvalue weighted by Crippen LogP contribution is 2.28. The average Bonchev–Trinajstić information content (AvgIpc) is 2.70. The van der Waals surface area contributed by atoms with Crippen LogP contribution in [0.3, 0.4) is 0 Å². The molecular formula is C14H19NO5. The molecule has 6 nitrogen and oxygen atoms in total. The second-order valence-electron chi connectivity index (χ2n) is 6.11. The van der Waals surface area contributed by atoms with Crippen molar-refractivity contribution in [1.82, 2.24) is 5.32 Å². The van der Waals surface area contributed by atoms with Gasteiger partial charge in [0.25, 0.3) is 0 Å². The average molecular weight is 281 g/mol. The molecule has 0 saturated carbocycles. The summed E-state index contributed by atoms with van der Waals surface area (Å²) in [5.74, 6) is -0.969. The van der Waals surface area contributed by atoms with Crippen molar-refractivity contribution in [1.29, 1.82) is 0 Å². The van der Waals surface area contributed by atoms with E-state index < -0.39 is 23.4 Å². The maximum absolute atomic E-state index is 11.9. The number of nitrogens with one attached hydrogen (secondary N) is 1. The molecule has 6 heteroatoms. The molecule has 0 aromatic heterocycles. The first-order valence-corrected chi connectivity index (χ1v) is 6.64. The number of ketones is 1. The van der Waals surface area contributed by atoms with Gasteiger partial charge in [-0.05, 0) is 20.8 Å². The summed E-state index contributed by atoms with van der Waals surface area (Å²) in [5.41, 5.74) is -0.747. The van der Waals surface area contributed by atoms with E-state index in [2.05, 4.69) is 10.1 Å². The second kappa shape index (κ2) is 5.36. The molecule has 20 heavy (non-hydrogen) atoms. The summed E-state index contributed by atoms with van der Waals surface area (Å²) < 4.78 is 10.2. The number of carbonyl (C=O) groups excluding carboxylic acids is 3. The molecule has 0 aromatic rings. The highest BCUT2D eigenvalue weighted by molar-refractivity contribution is 5.88. The molecule has 2 aliphatic heterocycles. The number of Topliss-reactive ketones (excluding diaryl/α,β-unsaturated/α-hetero) is 1. The third kappa shape index (κ3) is 3.25. The Morgan fingerprint density at radius 3 is 2.75 bits per heavy atom. The Labute approximate surface area is 117 Å². The Hall–Kier alpha value is -1.69. The van der Waals surface area contributed by atoms with Gasteiger partial charge in [0, 0.05) is 13.0 Å². The molecule has 2 bridgehead atoms. The largest absolute Gasteiger partial charge is 0.414 e. The molecule has 110 valence electrons. The molecule has 2 rings (SSSR count). The van der Waals surface area contributed by atoms with Crippen LogP contribution < -0.4 is 5.32 Å². The Morgan fingerprint density at radius 2 is 2.10 bits per heavy atom. The molecule has 3 atom stereocenters. The van der Waals surface area contributed by atoms with Crippen LogP contribution in [0.1, 0.15) is 27.2 Å². The molecule has 2 heterocycles. The van der Waals surface area contributed by atoms with Gasteiger partial charge in [0.15, 0.2) is 0 Å². The lowest BCUT2D eigenvalue weighted by Crippen LogP contribution is -2.44. The van der Waals surface area contributed by atoms with Crippen LogP contribution in [0.2, 0.25) is 0 Å². The first-order valence-electron chi connectivity index (χ1n) is 6.64. The van der Waals surface area contributed by atoms with Gasteiger partial charge in [-0.1, -0.05) is 12.2 Å². The standard InChI is InChI=1S/C14H19NO5/c1-14(2,3)12(17)20-13(18)15-7-9-10(16)6-8-4-5-11(9)19-8/h4-5,8-9,11H,6-7H2,1-3H3,(H,15,18)/t8-,9+,11+/m0/s1. The topological polar surface area (TPSA) is 81.7 Å². The van der Waals surface area contributed by atoms with Gasteiger partial charge in [-0.15, -0.1) is 0 Å². The number of carbonyl (C=O) groups is 3. The van der Waals surface area contributed by atoms with Gasteiger partial charge in [-0.3, -0.25) is 9.59 Å². The van der Waals surface area contributed by atoms with Crippen molar-refractivity contribution < 1.29 is 23.9 Å². The van der Waals surface area contributed by atoms with E-state index in [1.165, 1.54) is 0 Å². The van der Waals surface area contributed by atoms with Crippen LogP contribution in [0, 0.1) is 11.3 Å². The van der Waals surface area contributed by atoms with Crippen molar-refractivity contribution in [2.45, 2.75) is 39.4 Å². The molecule has 0 spiro atoms. The number of hydrogen-bond acceptors (Lipinski definition) is 5. The van der Waals surface area contributed by atoms with E-state index in [1.54, 1.807) is 20.8 Å². The van der Waals surface area contributed by atoms with E-state index in [0.717, 1.165) is 0 Å². The lowest BCUT2D eigenvalue weighted by molar-refractivity contribution is -0.146. The minimum atomic E-state index is -0.832. The molecule has 0 radical (unpaired) electrons. The summed E-state index contributed by atoms with van der Waals surface area (Å²) in [5, 5.41) is 2.45. The van der Waals surface area contributed by atoms with Gasteiger partial charge >= 0.3 is 12.1 Å². The molecule has 2 aliphatic rings. The zero-order valence-electron chi connectivity index (χ0n) is 11.8. The molecule has 0 aliphatic carbocycles. The fourth-order valence-corrected chi connectivity index (χ4v) is 2.10. The van der Waals surface area contributed by atoms with Crippen molar-refractivity contribution in [3.8, 4) is 0 Å². The van der Waals surface area contributed by atoms with Crippen LogP contribution in [0.25, 0.3) is 0 Å². The van der Waals surface area contributed by atoms with E-state index in [4.69, 9.17) is 4.74 Å². The minimum absolute atomic E-state index is 0.0543. The smallest absolute Gasteiger partial charge is 0.376 e. The van der Waals surface area contributed by atoms with Crippen molar-refractivity contribution in [3.05, 3.63) is 12.2 Å². The van der Waals surface area contributed by atoms with Gasteiger partial charge in [0.1, 0.15) is 5.78 Å². The Morgan fingerprint density at radius 1 is 1.40 bits per heavy atom. The number of alkyl carbamates (subject to hydrolysis) is 1. The number of hydrogen-bond donors (Lipinski definition) is 1. The van der Waals surface area contributed by atoms with Crippen LogP contribution in [-0.4, -0.2) is 36.6 Å². The van der Waals surface area contributed by atoms with Gasteiger partial charge < -0.3 is 14.8 Å². The van der Waals surface area contributed by atoms with E-state index in [-0.39, 0.29) is 24.5 Å². The molecule has 0 aromatic carbocycles. The Balaban J connectivity index is 1.83. The SMILES string of the molecule is CC(C)(C)C(=O)OC(=O)NC[C@@H]1C(=O)C[C@@H]2C=C[C@H]1O2. The fraction of sp³-hybridized carbons (Fsp3) is 0.643. The third-order valence-corrected chi connectivity index (χ3v) is 3.32.